The molecule has 1 rings (SSSR count). The molecule has 0 aliphatic rings. The summed E-state index contributed by atoms with van der Waals surface area (Å²) in [6.07, 6.45) is 1.69. The van der Waals surface area contributed by atoms with E-state index in [0.29, 0.717) is 12.3 Å². The highest BCUT2D eigenvalue weighted by molar-refractivity contribution is 5.77. The number of ether oxygens (including phenoxy) is 2. The van der Waals surface area contributed by atoms with Crippen molar-refractivity contribution < 1.29 is 14.3 Å². The zero-order chi connectivity index (χ0) is 12.7. The molecule has 0 spiro atoms. The van der Waals surface area contributed by atoms with E-state index in [2.05, 4.69) is 11.9 Å². The van der Waals surface area contributed by atoms with Crippen molar-refractivity contribution >= 4 is 5.97 Å². The van der Waals surface area contributed by atoms with Crippen molar-refractivity contribution in [2.75, 3.05) is 20.8 Å². The van der Waals surface area contributed by atoms with Gasteiger partial charge in [-0.2, -0.15) is 0 Å². The summed E-state index contributed by atoms with van der Waals surface area (Å²) in [5, 5.41) is 3.04. The van der Waals surface area contributed by atoms with Crippen LogP contribution in [0, 0.1) is 0 Å². The van der Waals surface area contributed by atoms with Gasteiger partial charge in [0, 0.05) is 6.54 Å². The largest absolute Gasteiger partial charge is 0.497 e. The summed E-state index contributed by atoms with van der Waals surface area (Å²) in [4.78, 5) is 11.7. The summed E-state index contributed by atoms with van der Waals surface area (Å²) in [6, 6.07) is 6.80. The van der Waals surface area contributed by atoms with Gasteiger partial charge in [0.05, 0.1) is 14.2 Å². The molecule has 4 nitrogen and oxygen atoms in total. The van der Waals surface area contributed by atoms with Gasteiger partial charge in [-0.25, -0.2) is 4.79 Å². The van der Waals surface area contributed by atoms with Gasteiger partial charge in [-0.15, -0.1) is 6.58 Å². The van der Waals surface area contributed by atoms with Crippen molar-refractivity contribution in [2.45, 2.75) is 6.04 Å². The smallest absolute Gasteiger partial charge is 0.327 e. The van der Waals surface area contributed by atoms with Crippen molar-refractivity contribution in [1.29, 1.82) is 0 Å². The lowest BCUT2D eigenvalue weighted by Gasteiger charge is -2.16. The standard InChI is InChI=1S/C13H17NO3/c1-4-8-14-12(13(15)17-3)10-6-5-7-11(9-10)16-2/h4-7,9,12,14H,1,8H2,2-3H3. The van der Waals surface area contributed by atoms with Crippen molar-refractivity contribution in [3.8, 4) is 5.75 Å². The summed E-state index contributed by atoms with van der Waals surface area (Å²) < 4.78 is 9.88. The third kappa shape index (κ3) is 3.60. The van der Waals surface area contributed by atoms with Crippen LogP contribution in [0.5, 0.6) is 5.75 Å². The lowest BCUT2D eigenvalue weighted by molar-refractivity contribution is -0.143. The maximum absolute atomic E-state index is 11.7. The minimum atomic E-state index is -0.506. The topological polar surface area (TPSA) is 47.6 Å². The molecule has 1 aromatic carbocycles. The molecular formula is C13H17NO3. The fourth-order valence-corrected chi connectivity index (χ4v) is 1.48. The molecular weight excluding hydrogens is 218 g/mol. The van der Waals surface area contributed by atoms with Crippen LogP contribution >= 0.6 is 0 Å². The molecule has 0 aliphatic heterocycles. The van der Waals surface area contributed by atoms with Crippen LogP contribution in [0.25, 0.3) is 0 Å². The van der Waals surface area contributed by atoms with Crippen LogP contribution in [0.3, 0.4) is 0 Å². The maximum atomic E-state index is 11.7. The van der Waals surface area contributed by atoms with E-state index >= 15 is 0 Å². The SMILES string of the molecule is C=CCNC(C(=O)OC)c1cccc(OC)c1. The minimum absolute atomic E-state index is 0.333. The molecule has 4 heteroatoms. The first kappa shape index (κ1) is 13.3. The lowest BCUT2D eigenvalue weighted by atomic mass is 10.1. The molecule has 0 fully saturated rings. The van der Waals surface area contributed by atoms with E-state index in [-0.39, 0.29) is 5.97 Å². The van der Waals surface area contributed by atoms with E-state index in [1.165, 1.54) is 7.11 Å². The first-order valence-electron chi connectivity index (χ1n) is 5.29. The molecule has 0 saturated heterocycles. The van der Waals surface area contributed by atoms with Crippen molar-refractivity contribution in [3.63, 3.8) is 0 Å². The van der Waals surface area contributed by atoms with Gasteiger partial charge in [-0.1, -0.05) is 18.2 Å². The summed E-state index contributed by atoms with van der Waals surface area (Å²) in [7, 11) is 2.95. The average Bonchev–Trinajstić information content (AvgIpc) is 2.39. The predicted molar refractivity (Wildman–Crippen MR) is 66.0 cm³/mol. The van der Waals surface area contributed by atoms with Crippen LogP contribution in [0.15, 0.2) is 36.9 Å². The average molecular weight is 235 g/mol. The van der Waals surface area contributed by atoms with Crippen LogP contribution in [-0.4, -0.2) is 26.7 Å². The van der Waals surface area contributed by atoms with Crippen LogP contribution in [0.1, 0.15) is 11.6 Å². The van der Waals surface area contributed by atoms with E-state index in [9.17, 15) is 4.79 Å². The van der Waals surface area contributed by atoms with E-state index in [1.807, 2.05) is 18.2 Å². The Morgan fingerprint density at radius 3 is 2.88 bits per heavy atom. The molecule has 1 atom stereocenters. The number of nitrogens with one attached hydrogen (secondary N) is 1. The Bertz CT molecular complexity index is 390. The number of hydrogen-bond acceptors (Lipinski definition) is 4. The summed E-state index contributed by atoms with van der Waals surface area (Å²) in [6.45, 7) is 4.13. The number of esters is 1. The van der Waals surface area contributed by atoms with Gasteiger partial charge in [-0.3, -0.25) is 5.32 Å². The second kappa shape index (κ2) is 6.70. The highest BCUT2D eigenvalue weighted by atomic mass is 16.5. The molecule has 0 aromatic heterocycles. The van der Waals surface area contributed by atoms with Gasteiger partial charge in [-0.05, 0) is 17.7 Å². The molecule has 0 amide bonds. The van der Waals surface area contributed by atoms with Crippen molar-refractivity contribution in [2.24, 2.45) is 0 Å². The van der Waals surface area contributed by atoms with E-state index in [4.69, 9.17) is 9.47 Å². The molecule has 92 valence electrons. The van der Waals surface area contributed by atoms with Gasteiger partial charge < -0.3 is 9.47 Å². The molecule has 0 radical (unpaired) electrons. The molecule has 1 N–H and O–H groups in total. The first-order chi connectivity index (χ1) is 8.22. The molecule has 1 aromatic rings. The molecule has 17 heavy (non-hydrogen) atoms. The van der Waals surface area contributed by atoms with E-state index < -0.39 is 6.04 Å². The van der Waals surface area contributed by atoms with Crippen molar-refractivity contribution in [3.05, 3.63) is 42.5 Å². The van der Waals surface area contributed by atoms with Crippen molar-refractivity contribution in [1.82, 2.24) is 5.32 Å². The lowest BCUT2D eigenvalue weighted by Crippen LogP contribution is -2.29. The Labute approximate surface area is 101 Å². The highest BCUT2D eigenvalue weighted by Gasteiger charge is 2.20. The van der Waals surface area contributed by atoms with Gasteiger partial charge in [0.25, 0.3) is 0 Å². The van der Waals surface area contributed by atoms with E-state index in [1.54, 1.807) is 19.3 Å². The van der Waals surface area contributed by atoms with E-state index in [0.717, 1.165) is 5.56 Å². The van der Waals surface area contributed by atoms with Gasteiger partial charge in [0.2, 0.25) is 0 Å². The molecule has 1 unspecified atom stereocenters. The summed E-state index contributed by atoms with van der Waals surface area (Å²) in [5.41, 5.74) is 0.804. The third-order valence-electron chi connectivity index (χ3n) is 2.33. The number of benzene rings is 1. The van der Waals surface area contributed by atoms with Crippen LogP contribution in [0.2, 0.25) is 0 Å². The number of rotatable bonds is 6. The highest BCUT2D eigenvalue weighted by Crippen LogP contribution is 2.20. The predicted octanol–water partition coefficient (Wildman–Crippen LogP) is 1.68. The van der Waals surface area contributed by atoms with Gasteiger partial charge in [0.15, 0.2) is 0 Å². The molecule has 0 bridgehead atoms. The summed E-state index contributed by atoms with van der Waals surface area (Å²) >= 11 is 0. The Balaban J connectivity index is 2.94. The van der Waals surface area contributed by atoms with Gasteiger partial charge >= 0.3 is 5.97 Å². The van der Waals surface area contributed by atoms with Crippen LogP contribution in [0.4, 0.5) is 0 Å². The van der Waals surface area contributed by atoms with Crippen LogP contribution < -0.4 is 10.1 Å². The second-order valence-electron chi connectivity index (χ2n) is 3.43. The zero-order valence-electron chi connectivity index (χ0n) is 10.1. The maximum Gasteiger partial charge on any atom is 0.327 e. The Morgan fingerprint density at radius 1 is 1.53 bits per heavy atom. The Morgan fingerprint density at radius 2 is 2.29 bits per heavy atom. The Kier molecular flexibility index (Phi) is 5.23. The number of carbonyl (C=O) groups is 1. The second-order valence-corrected chi connectivity index (χ2v) is 3.43. The van der Waals surface area contributed by atoms with Gasteiger partial charge in [0.1, 0.15) is 11.8 Å². The Hall–Kier alpha value is -1.81. The molecule has 0 aliphatic carbocycles. The zero-order valence-corrected chi connectivity index (χ0v) is 10.1. The normalized spacial score (nSPS) is 11.6. The minimum Gasteiger partial charge on any atom is -0.497 e. The third-order valence-corrected chi connectivity index (χ3v) is 2.33. The van der Waals surface area contributed by atoms with Crippen LogP contribution in [-0.2, 0) is 9.53 Å². The molecule has 0 heterocycles. The monoisotopic (exact) mass is 235 g/mol. The quantitative estimate of drug-likeness (QED) is 0.602. The number of hydrogen-bond donors (Lipinski definition) is 1. The summed E-state index contributed by atoms with van der Waals surface area (Å²) in [5.74, 6) is 0.372. The first-order valence-corrected chi connectivity index (χ1v) is 5.29. The number of methoxy groups -OCH3 is 2. The number of carbonyl (C=O) groups excluding carboxylic acids is 1. The molecule has 0 saturated carbocycles. The fourth-order valence-electron chi connectivity index (χ4n) is 1.48. The fraction of sp³-hybridized carbons (Fsp3) is 0.308.